The van der Waals surface area contributed by atoms with Gasteiger partial charge in [-0.3, -0.25) is 14.4 Å². The molecule has 0 atom stereocenters. The molecule has 0 heterocycles. The van der Waals surface area contributed by atoms with Crippen LogP contribution >= 0.6 is 0 Å². The molecule has 136 valence electrons. The van der Waals surface area contributed by atoms with E-state index in [1.165, 1.54) is 39.0 Å². The Balaban J connectivity index is 1.65. The number of amides is 2. The Morgan fingerprint density at radius 1 is 1.00 bits per heavy atom. The summed E-state index contributed by atoms with van der Waals surface area (Å²) >= 11 is 0. The summed E-state index contributed by atoms with van der Waals surface area (Å²) in [6.07, 6.45) is 7.43. The van der Waals surface area contributed by atoms with E-state index in [1.807, 2.05) is 0 Å². The first kappa shape index (κ1) is 19.0. The van der Waals surface area contributed by atoms with Gasteiger partial charge in [0.05, 0.1) is 0 Å². The normalized spacial score (nSPS) is 14.6. The number of rotatable bonds is 7. The van der Waals surface area contributed by atoms with E-state index in [0.717, 1.165) is 6.42 Å². The molecule has 2 rings (SSSR count). The number of anilines is 2. The van der Waals surface area contributed by atoms with Crippen LogP contribution in [-0.2, 0) is 19.1 Å². The largest absolute Gasteiger partial charge is 0.456 e. The van der Waals surface area contributed by atoms with Gasteiger partial charge in [-0.05, 0) is 36.6 Å². The Hall–Kier alpha value is -2.37. The highest BCUT2D eigenvalue weighted by Crippen LogP contribution is 2.27. The molecular formula is C19H26N2O4. The van der Waals surface area contributed by atoms with E-state index in [4.69, 9.17) is 4.74 Å². The Bertz CT molecular complexity index is 592. The van der Waals surface area contributed by atoms with E-state index in [0.29, 0.717) is 23.7 Å². The van der Waals surface area contributed by atoms with Crippen molar-refractivity contribution in [1.82, 2.24) is 0 Å². The van der Waals surface area contributed by atoms with Crippen molar-refractivity contribution < 1.29 is 19.1 Å². The lowest BCUT2D eigenvalue weighted by Gasteiger charge is -2.20. The molecule has 0 aliphatic heterocycles. The van der Waals surface area contributed by atoms with Crippen LogP contribution in [0, 0.1) is 5.92 Å². The van der Waals surface area contributed by atoms with Crippen molar-refractivity contribution in [2.75, 3.05) is 17.2 Å². The first-order chi connectivity index (χ1) is 12.0. The van der Waals surface area contributed by atoms with E-state index in [-0.39, 0.29) is 24.4 Å². The third kappa shape index (κ3) is 7.37. The second-order valence-corrected chi connectivity index (χ2v) is 6.51. The highest BCUT2D eigenvalue weighted by Gasteiger charge is 2.16. The molecule has 25 heavy (non-hydrogen) atoms. The van der Waals surface area contributed by atoms with Crippen molar-refractivity contribution >= 4 is 29.2 Å². The number of carbonyl (C=O) groups is 3. The topological polar surface area (TPSA) is 84.5 Å². The van der Waals surface area contributed by atoms with Gasteiger partial charge in [-0.25, -0.2) is 0 Å². The summed E-state index contributed by atoms with van der Waals surface area (Å²) in [4.78, 5) is 34.5. The average Bonchev–Trinajstić information content (AvgIpc) is 2.60. The zero-order valence-electron chi connectivity index (χ0n) is 14.7. The summed E-state index contributed by atoms with van der Waals surface area (Å²) in [6, 6.07) is 6.72. The molecule has 0 radical (unpaired) electrons. The quantitative estimate of drug-likeness (QED) is 0.740. The van der Waals surface area contributed by atoms with Crippen LogP contribution in [0.25, 0.3) is 0 Å². The van der Waals surface area contributed by atoms with Gasteiger partial charge < -0.3 is 15.4 Å². The van der Waals surface area contributed by atoms with Gasteiger partial charge in [0.1, 0.15) is 0 Å². The number of hydrogen-bond donors (Lipinski definition) is 2. The maximum absolute atomic E-state index is 11.8. The summed E-state index contributed by atoms with van der Waals surface area (Å²) in [5.74, 6) is -0.228. The Morgan fingerprint density at radius 3 is 2.20 bits per heavy atom. The first-order valence-corrected chi connectivity index (χ1v) is 8.86. The molecule has 1 fully saturated rings. The molecular weight excluding hydrogens is 320 g/mol. The summed E-state index contributed by atoms with van der Waals surface area (Å²) in [6.45, 7) is 1.15. The number of benzene rings is 1. The summed E-state index contributed by atoms with van der Waals surface area (Å²) < 4.78 is 5.04. The number of hydrogen-bond acceptors (Lipinski definition) is 4. The fraction of sp³-hybridized carbons (Fsp3) is 0.526. The molecule has 2 amide bonds. The van der Waals surface area contributed by atoms with E-state index in [1.54, 1.807) is 24.3 Å². The van der Waals surface area contributed by atoms with Crippen molar-refractivity contribution in [3.05, 3.63) is 24.3 Å². The van der Waals surface area contributed by atoms with Crippen LogP contribution in [0.4, 0.5) is 11.4 Å². The van der Waals surface area contributed by atoms with Crippen LogP contribution in [0.5, 0.6) is 0 Å². The number of nitrogens with one attached hydrogen (secondary N) is 2. The van der Waals surface area contributed by atoms with Gasteiger partial charge in [0.25, 0.3) is 5.91 Å². The van der Waals surface area contributed by atoms with Crippen LogP contribution in [0.2, 0.25) is 0 Å². The molecule has 1 aliphatic rings. The minimum absolute atomic E-state index is 0.156. The molecule has 0 unspecified atom stereocenters. The molecule has 0 saturated heterocycles. The summed E-state index contributed by atoms with van der Waals surface area (Å²) in [5, 5.41) is 5.30. The molecule has 2 N–H and O–H groups in total. The monoisotopic (exact) mass is 346 g/mol. The van der Waals surface area contributed by atoms with Crippen LogP contribution in [-0.4, -0.2) is 24.4 Å². The maximum atomic E-state index is 11.8. The second-order valence-electron chi connectivity index (χ2n) is 6.51. The molecule has 0 bridgehead atoms. The van der Waals surface area contributed by atoms with Crippen molar-refractivity contribution in [2.45, 2.75) is 51.9 Å². The van der Waals surface area contributed by atoms with Gasteiger partial charge >= 0.3 is 5.97 Å². The van der Waals surface area contributed by atoms with Crippen molar-refractivity contribution in [1.29, 1.82) is 0 Å². The first-order valence-electron chi connectivity index (χ1n) is 8.86. The van der Waals surface area contributed by atoms with Gasteiger partial charge in [0.2, 0.25) is 5.91 Å². The molecule has 1 aromatic carbocycles. The van der Waals surface area contributed by atoms with Crippen molar-refractivity contribution in [3.63, 3.8) is 0 Å². The number of esters is 1. The van der Waals surface area contributed by atoms with E-state index in [9.17, 15) is 14.4 Å². The summed E-state index contributed by atoms with van der Waals surface area (Å²) in [5.41, 5.74) is 1.23. The van der Waals surface area contributed by atoms with Crippen LogP contribution in [0.15, 0.2) is 24.3 Å². The fourth-order valence-electron chi connectivity index (χ4n) is 3.05. The smallest absolute Gasteiger partial charge is 0.306 e. The third-order valence-corrected chi connectivity index (χ3v) is 4.33. The van der Waals surface area contributed by atoms with Gasteiger partial charge in [0, 0.05) is 24.7 Å². The molecule has 6 nitrogen and oxygen atoms in total. The highest BCUT2D eigenvalue weighted by molar-refractivity contribution is 5.93. The second kappa shape index (κ2) is 9.81. The summed E-state index contributed by atoms with van der Waals surface area (Å²) in [7, 11) is 0. The average molecular weight is 346 g/mol. The molecule has 1 saturated carbocycles. The lowest BCUT2D eigenvalue weighted by Crippen LogP contribution is -2.21. The van der Waals surface area contributed by atoms with Gasteiger partial charge in [-0.1, -0.05) is 32.1 Å². The standard InChI is InChI=1S/C19H26N2O4/c1-14(22)20-16-8-10-17(11-9-16)21-18(23)13-25-19(24)12-7-15-5-3-2-4-6-15/h8-11,15H,2-7,12-13H2,1H3,(H,20,22)(H,21,23). The lowest BCUT2D eigenvalue weighted by molar-refractivity contribution is -0.147. The van der Waals surface area contributed by atoms with Gasteiger partial charge in [0.15, 0.2) is 6.61 Å². The number of ether oxygens (including phenoxy) is 1. The van der Waals surface area contributed by atoms with Crippen LogP contribution in [0.3, 0.4) is 0 Å². The fourth-order valence-corrected chi connectivity index (χ4v) is 3.05. The highest BCUT2D eigenvalue weighted by atomic mass is 16.5. The SMILES string of the molecule is CC(=O)Nc1ccc(NC(=O)COC(=O)CCC2CCCCC2)cc1. The zero-order chi connectivity index (χ0) is 18.1. The number of carbonyl (C=O) groups excluding carboxylic acids is 3. The minimum Gasteiger partial charge on any atom is -0.456 e. The van der Waals surface area contributed by atoms with Crippen molar-refractivity contribution in [2.24, 2.45) is 5.92 Å². The molecule has 0 spiro atoms. The predicted molar refractivity (Wildman–Crippen MR) is 96.1 cm³/mol. The third-order valence-electron chi connectivity index (χ3n) is 4.33. The maximum Gasteiger partial charge on any atom is 0.306 e. The Kier molecular flexibility index (Phi) is 7.44. The molecule has 1 aliphatic carbocycles. The Labute approximate surface area is 148 Å². The van der Waals surface area contributed by atoms with Crippen LogP contribution < -0.4 is 10.6 Å². The van der Waals surface area contributed by atoms with Gasteiger partial charge in [-0.15, -0.1) is 0 Å². The van der Waals surface area contributed by atoms with Gasteiger partial charge in [-0.2, -0.15) is 0 Å². The molecule has 1 aromatic rings. The van der Waals surface area contributed by atoms with E-state index < -0.39 is 0 Å². The van der Waals surface area contributed by atoms with Crippen molar-refractivity contribution in [3.8, 4) is 0 Å². The minimum atomic E-state index is -0.377. The van der Waals surface area contributed by atoms with E-state index >= 15 is 0 Å². The lowest BCUT2D eigenvalue weighted by atomic mass is 9.86. The predicted octanol–water partition coefficient (Wildman–Crippen LogP) is 3.49. The molecule has 6 heteroatoms. The van der Waals surface area contributed by atoms with Crippen LogP contribution in [0.1, 0.15) is 51.9 Å². The Morgan fingerprint density at radius 2 is 1.60 bits per heavy atom. The zero-order valence-corrected chi connectivity index (χ0v) is 14.7. The van der Waals surface area contributed by atoms with E-state index in [2.05, 4.69) is 10.6 Å². The molecule has 0 aromatic heterocycles.